The maximum absolute atomic E-state index is 5.49. The Morgan fingerprint density at radius 2 is 1.74 bits per heavy atom. The normalized spacial score (nSPS) is 9.74. The van der Waals surface area contributed by atoms with Gasteiger partial charge in [-0.05, 0) is 42.3 Å². The molecule has 0 heterocycles. The maximum atomic E-state index is 5.49. The van der Waals surface area contributed by atoms with Crippen molar-refractivity contribution in [2.45, 2.75) is 6.92 Å². The molecule has 0 radical (unpaired) electrons. The first kappa shape index (κ1) is 13.0. The number of ether oxygens (including phenoxy) is 2. The average molecular weight is 252 g/mol. The van der Waals surface area contributed by atoms with Gasteiger partial charge in [0.1, 0.15) is 11.5 Å². The second-order valence-corrected chi connectivity index (χ2v) is 4.02. The van der Waals surface area contributed by atoms with Crippen LogP contribution in [-0.2, 0) is 0 Å². The lowest BCUT2D eigenvalue weighted by Gasteiger charge is -2.08. The minimum atomic E-state index is 0.670. The van der Waals surface area contributed by atoms with E-state index in [0.717, 1.165) is 28.2 Å². The quantitative estimate of drug-likeness (QED) is 0.772. The number of methoxy groups -OCH3 is 1. The summed E-state index contributed by atoms with van der Waals surface area (Å²) in [5.41, 5.74) is 2.92. The van der Waals surface area contributed by atoms with Crippen molar-refractivity contribution in [2.24, 2.45) is 0 Å². The third kappa shape index (κ3) is 2.89. The Morgan fingerprint density at radius 1 is 1.05 bits per heavy atom. The molecule has 0 unspecified atom stereocenters. The molecular weight excluding hydrogens is 236 g/mol. The zero-order valence-electron chi connectivity index (χ0n) is 11.1. The van der Waals surface area contributed by atoms with Crippen LogP contribution in [0.3, 0.4) is 0 Å². The van der Waals surface area contributed by atoms with Crippen LogP contribution in [0.5, 0.6) is 11.5 Å². The fourth-order valence-electron chi connectivity index (χ4n) is 1.91. The van der Waals surface area contributed by atoms with Crippen molar-refractivity contribution < 1.29 is 9.47 Å². The molecule has 0 atom stereocenters. The SMILES string of the molecule is C#Cc1cc(-c2ccc(OCC)cc2)ccc1OC. The molecule has 0 fully saturated rings. The molecule has 2 aromatic carbocycles. The molecule has 0 aliphatic heterocycles. The van der Waals surface area contributed by atoms with Gasteiger partial charge in [-0.1, -0.05) is 24.1 Å². The van der Waals surface area contributed by atoms with Crippen molar-refractivity contribution >= 4 is 0 Å². The summed E-state index contributed by atoms with van der Waals surface area (Å²) < 4.78 is 10.6. The third-order valence-corrected chi connectivity index (χ3v) is 2.85. The van der Waals surface area contributed by atoms with E-state index in [1.54, 1.807) is 7.11 Å². The van der Waals surface area contributed by atoms with Gasteiger partial charge in [0, 0.05) is 0 Å². The van der Waals surface area contributed by atoms with Gasteiger partial charge < -0.3 is 9.47 Å². The van der Waals surface area contributed by atoms with E-state index >= 15 is 0 Å². The third-order valence-electron chi connectivity index (χ3n) is 2.85. The van der Waals surface area contributed by atoms with Crippen molar-refractivity contribution in [3.63, 3.8) is 0 Å². The molecule has 96 valence electrons. The van der Waals surface area contributed by atoms with Gasteiger partial charge in [0.15, 0.2) is 0 Å². The molecule has 0 amide bonds. The molecule has 2 nitrogen and oxygen atoms in total. The highest BCUT2D eigenvalue weighted by atomic mass is 16.5. The number of hydrogen-bond acceptors (Lipinski definition) is 2. The number of hydrogen-bond donors (Lipinski definition) is 0. The summed E-state index contributed by atoms with van der Waals surface area (Å²) in [6.07, 6.45) is 5.49. The molecule has 0 bridgehead atoms. The van der Waals surface area contributed by atoms with Crippen LogP contribution in [0.25, 0.3) is 11.1 Å². The minimum Gasteiger partial charge on any atom is -0.495 e. The highest BCUT2D eigenvalue weighted by Gasteiger charge is 2.04. The highest BCUT2D eigenvalue weighted by Crippen LogP contribution is 2.27. The fraction of sp³-hybridized carbons (Fsp3) is 0.176. The Morgan fingerprint density at radius 3 is 2.32 bits per heavy atom. The molecule has 2 heteroatoms. The molecule has 0 N–H and O–H groups in total. The van der Waals surface area contributed by atoms with Gasteiger partial charge in [-0.15, -0.1) is 6.42 Å². The summed E-state index contributed by atoms with van der Waals surface area (Å²) in [4.78, 5) is 0. The zero-order valence-corrected chi connectivity index (χ0v) is 11.1. The van der Waals surface area contributed by atoms with Crippen molar-refractivity contribution in [3.8, 4) is 35.0 Å². The highest BCUT2D eigenvalue weighted by molar-refractivity contribution is 5.68. The van der Waals surface area contributed by atoms with Crippen molar-refractivity contribution in [1.82, 2.24) is 0 Å². The monoisotopic (exact) mass is 252 g/mol. The Hall–Kier alpha value is -2.40. The van der Waals surface area contributed by atoms with Gasteiger partial charge in [0.25, 0.3) is 0 Å². The van der Waals surface area contributed by atoms with E-state index < -0.39 is 0 Å². The lowest BCUT2D eigenvalue weighted by molar-refractivity contribution is 0.340. The summed E-state index contributed by atoms with van der Waals surface area (Å²) in [6, 6.07) is 13.8. The summed E-state index contributed by atoms with van der Waals surface area (Å²) >= 11 is 0. The molecule has 0 aromatic heterocycles. The molecular formula is C17H16O2. The predicted molar refractivity (Wildman–Crippen MR) is 77.5 cm³/mol. The van der Waals surface area contributed by atoms with E-state index in [9.17, 15) is 0 Å². The van der Waals surface area contributed by atoms with Crippen LogP contribution in [0.2, 0.25) is 0 Å². The standard InChI is InChI=1S/C17H16O2/c1-4-13-12-15(8-11-17(13)18-3)14-6-9-16(10-7-14)19-5-2/h1,6-12H,5H2,2-3H3. The molecule has 0 spiro atoms. The first-order chi connectivity index (χ1) is 9.28. The number of benzene rings is 2. The van der Waals surface area contributed by atoms with Gasteiger partial charge in [-0.3, -0.25) is 0 Å². The first-order valence-corrected chi connectivity index (χ1v) is 6.16. The molecule has 2 rings (SSSR count). The zero-order chi connectivity index (χ0) is 13.7. The lowest BCUT2D eigenvalue weighted by atomic mass is 10.0. The second kappa shape index (κ2) is 5.97. The van der Waals surface area contributed by atoms with Crippen LogP contribution < -0.4 is 9.47 Å². The van der Waals surface area contributed by atoms with Crippen LogP contribution in [-0.4, -0.2) is 13.7 Å². The van der Waals surface area contributed by atoms with E-state index in [0.29, 0.717) is 6.61 Å². The van der Waals surface area contributed by atoms with E-state index in [-0.39, 0.29) is 0 Å². The summed E-state index contributed by atoms with van der Waals surface area (Å²) in [5, 5.41) is 0. The maximum Gasteiger partial charge on any atom is 0.134 e. The van der Waals surface area contributed by atoms with E-state index in [4.69, 9.17) is 15.9 Å². The fourth-order valence-corrected chi connectivity index (χ4v) is 1.91. The Labute approximate surface area is 114 Å². The number of terminal acetylenes is 1. The van der Waals surface area contributed by atoms with Gasteiger partial charge in [-0.2, -0.15) is 0 Å². The average Bonchev–Trinajstić information content (AvgIpc) is 2.47. The van der Waals surface area contributed by atoms with Crippen LogP contribution in [0.1, 0.15) is 12.5 Å². The van der Waals surface area contributed by atoms with Crippen LogP contribution in [0, 0.1) is 12.3 Å². The van der Waals surface area contributed by atoms with E-state index in [1.807, 2.05) is 49.4 Å². The largest absolute Gasteiger partial charge is 0.495 e. The summed E-state index contributed by atoms with van der Waals surface area (Å²) in [5.74, 6) is 4.23. The molecule has 0 aliphatic carbocycles. The molecule has 0 saturated carbocycles. The summed E-state index contributed by atoms with van der Waals surface area (Å²) in [6.45, 7) is 2.64. The van der Waals surface area contributed by atoms with Crippen LogP contribution in [0.4, 0.5) is 0 Å². The van der Waals surface area contributed by atoms with Gasteiger partial charge >= 0.3 is 0 Å². The Balaban J connectivity index is 2.34. The van der Waals surface area contributed by atoms with E-state index in [1.165, 1.54) is 0 Å². The minimum absolute atomic E-state index is 0.670. The number of rotatable bonds is 4. The molecule has 2 aromatic rings. The Bertz CT molecular complexity index is 592. The van der Waals surface area contributed by atoms with E-state index in [2.05, 4.69) is 5.92 Å². The Kier molecular flexibility index (Phi) is 4.10. The van der Waals surface area contributed by atoms with Gasteiger partial charge in [-0.25, -0.2) is 0 Å². The molecule has 0 aliphatic rings. The second-order valence-electron chi connectivity index (χ2n) is 4.02. The van der Waals surface area contributed by atoms with Crippen molar-refractivity contribution in [1.29, 1.82) is 0 Å². The van der Waals surface area contributed by atoms with Crippen LogP contribution >= 0.6 is 0 Å². The summed E-state index contributed by atoms with van der Waals surface area (Å²) in [7, 11) is 1.62. The van der Waals surface area contributed by atoms with Crippen LogP contribution in [0.15, 0.2) is 42.5 Å². The topological polar surface area (TPSA) is 18.5 Å². The smallest absolute Gasteiger partial charge is 0.134 e. The first-order valence-electron chi connectivity index (χ1n) is 6.16. The molecule has 0 saturated heterocycles. The van der Waals surface area contributed by atoms with Gasteiger partial charge in [0.2, 0.25) is 0 Å². The van der Waals surface area contributed by atoms with Crippen molar-refractivity contribution in [3.05, 3.63) is 48.0 Å². The lowest BCUT2D eigenvalue weighted by Crippen LogP contribution is -1.91. The predicted octanol–water partition coefficient (Wildman–Crippen LogP) is 3.74. The van der Waals surface area contributed by atoms with Gasteiger partial charge in [0.05, 0.1) is 19.3 Å². The van der Waals surface area contributed by atoms with Crippen molar-refractivity contribution in [2.75, 3.05) is 13.7 Å². The molecule has 19 heavy (non-hydrogen) atoms.